The van der Waals surface area contributed by atoms with E-state index in [1.165, 1.54) is 0 Å². The minimum atomic E-state index is -5.36. The Hall–Kier alpha value is -0.144. The Kier molecular flexibility index (Phi) is 6.29. The molecule has 18 heavy (non-hydrogen) atoms. The van der Waals surface area contributed by atoms with Crippen LogP contribution in [0, 0.1) is 20.2 Å². The molecule has 0 saturated carbocycles. The third kappa shape index (κ3) is 3.93. The molecule has 0 aliphatic rings. The van der Waals surface area contributed by atoms with Crippen molar-refractivity contribution < 1.29 is 74.2 Å². The molecule has 0 heterocycles. The van der Waals surface area contributed by atoms with Gasteiger partial charge in [-0.2, -0.15) is 0 Å². The van der Waals surface area contributed by atoms with Crippen molar-refractivity contribution in [3.05, 3.63) is 37.4 Å². The van der Waals surface area contributed by atoms with Gasteiger partial charge in [-0.1, -0.05) is 11.6 Å². The summed E-state index contributed by atoms with van der Waals surface area (Å²) in [5, 5.41) is 20.6. The van der Waals surface area contributed by atoms with Crippen molar-refractivity contribution >= 4 is 33.1 Å². The smallest absolute Gasteiger partial charge is 0.744 e. The van der Waals surface area contributed by atoms with Crippen LogP contribution in [-0.4, -0.2) is 22.8 Å². The van der Waals surface area contributed by atoms with Gasteiger partial charge in [0.25, 0.3) is 11.4 Å². The van der Waals surface area contributed by atoms with Gasteiger partial charge in [-0.3, -0.25) is 20.2 Å². The monoisotopic (exact) mass is 320 g/mol. The van der Waals surface area contributed by atoms with Gasteiger partial charge in [-0.25, -0.2) is 8.42 Å². The zero-order valence-electron chi connectivity index (χ0n) is 8.69. The first-order valence-electron chi connectivity index (χ1n) is 3.73. The van der Waals surface area contributed by atoms with Gasteiger partial charge in [0.05, 0.1) is 14.9 Å². The molecule has 1 aromatic carbocycles. The molecule has 92 valence electrons. The van der Waals surface area contributed by atoms with Crippen molar-refractivity contribution in [2.75, 3.05) is 0 Å². The van der Waals surface area contributed by atoms with E-state index in [9.17, 15) is 33.2 Å². The summed E-state index contributed by atoms with van der Waals surface area (Å²) in [6.07, 6.45) is 0. The van der Waals surface area contributed by atoms with Crippen molar-refractivity contribution in [1.82, 2.24) is 0 Å². The number of nitro groups is 2. The first kappa shape index (κ1) is 17.9. The van der Waals surface area contributed by atoms with Gasteiger partial charge >= 0.3 is 51.4 Å². The minimum absolute atomic E-state index is 0. The zero-order valence-corrected chi connectivity index (χ0v) is 13.4. The van der Waals surface area contributed by atoms with Crippen LogP contribution in [-0.2, 0) is 10.1 Å². The van der Waals surface area contributed by atoms with Crippen LogP contribution in [0.25, 0.3) is 0 Å². The van der Waals surface area contributed by atoms with E-state index in [4.69, 9.17) is 11.6 Å². The topological polar surface area (TPSA) is 143 Å². The standard InChI is InChI=1S/C6H3ClN2O7S.K/c7-3-1-4(8(10)11)6(17(14,15)16)5(2-3)9(12)13;/h1-2H,(H,14,15,16);/q;+1/p-1. The molecule has 0 spiro atoms. The first-order chi connectivity index (χ1) is 7.64. The third-order valence-corrected chi connectivity index (χ3v) is 2.79. The van der Waals surface area contributed by atoms with Gasteiger partial charge in [0.2, 0.25) is 4.90 Å². The van der Waals surface area contributed by atoms with Crippen molar-refractivity contribution in [2.45, 2.75) is 4.90 Å². The summed E-state index contributed by atoms with van der Waals surface area (Å²) >= 11 is 5.35. The van der Waals surface area contributed by atoms with E-state index in [2.05, 4.69) is 0 Å². The summed E-state index contributed by atoms with van der Waals surface area (Å²) in [6.45, 7) is 0. The molecule has 0 bridgehead atoms. The number of halogens is 1. The van der Waals surface area contributed by atoms with Crippen LogP contribution < -0.4 is 51.4 Å². The maximum atomic E-state index is 10.8. The Morgan fingerprint density at radius 1 is 1.06 bits per heavy atom. The number of hydrogen-bond acceptors (Lipinski definition) is 7. The molecular weight excluding hydrogens is 319 g/mol. The van der Waals surface area contributed by atoms with Crippen molar-refractivity contribution in [2.24, 2.45) is 0 Å². The van der Waals surface area contributed by atoms with E-state index in [1.54, 1.807) is 0 Å². The van der Waals surface area contributed by atoms with Gasteiger partial charge in [-0.05, 0) is 0 Å². The van der Waals surface area contributed by atoms with Crippen LogP contribution in [0.2, 0.25) is 5.02 Å². The second-order valence-electron chi connectivity index (χ2n) is 2.74. The number of nitro benzene ring substituents is 2. The van der Waals surface area contributed by atoms with Crippen LogP contribution in [0.5, 0.6) is 0 Å². The summed E-state index contributed by atoms with van der Waals surface area (Å²) in [5.74, 6) is 0. The predicted molar refractivity (Wildman–Crippen MR) is 52.7 cm³/mol. The van der Waals surface area contributed by atoms with Gasteiger partial charge in [0.15, 0.2) is 0 Å². The normalized spacial score (nSPS) is 10.6. The summed E-state index contributed by atoms with van der Waals surface area (Å²) in [5.41, 5.74) is -2.45. The molecule has 0 aliphatic carbocycles. The van der Waals surface area contributed by atoms with Crippen molar-refractivity contribution in [1.29, 1.82) is 0 Å². The van der Waals surface area contributed by atoms with Crippen LogP contribution in [0.4, 0.5) is 11.4 Å². The minimum Gasteiger partial charge on any atom is -0.744 e. The summed E-state index contributed by atoms with van der Waals surface area (Å²) < 4.78 is 32.4. The van der Waals surface area contributed by atoms with E-state index < -0.39 is 41.3 Å². The molecule has 12 heteroatoms. The van der Waals surface area contributed by atoms with Crippen LogP contribution >= 0.6 is 11.6 Å². The van der Waals surface area contributed by atoms with E-state index in [1.807, 2.05) is 0 Å². The molecular formula is C6H2ClKN2O7S. The van der Waals surface area contributed by atoms with Crippen LogP contribution in [0.1, 0.15) is 0 Å². The summed E-state index contributed by atoms with van der Waals surface area (Å²) in [4.78, 5) is 17.1. The Morgan fingerprint density at radius 3 is 1.61 bits per heavy atom. The molecule has 0 atom stereocenters. The second-order valence-corrected chi connectivity index (χ2v) is 4.49. The van der Waals surface area contributed by atoms with E-state index >= 15 is 0 Å². The Bertz CT molecular complexity index is 581. The molecule has 1 aromatic rings. The molecule has 0 fully saturated rings. The van der Waals surface area contributed by atoms with Crippen molar-refractivity contribution in [3.8, 4) is 0 Å². The second kappa shape index (κ2) is 6.34. The molecule has 1 rings (SSSR count). The SMILES string of the molecule is O=[N+]([O-])c1cc(Cl)cc([N+](=O)[O-])c1S(=O)(=O)[O-].[K+]. The summed E-state index contributed by atoms with van der Waals surface area (Å²) in [7, 11) is -5.36. The third-order valence-electron chi connectivity index (χ3n) is 1.66. The fourth-order valence-corrected chi connectivity index (χ4v) is 2.08. The molecule has 0 unspecified atom stereocenters. The van der Waals surface area contributed by atoms with Gasteiger partial charge in [-0.15, -0.1) is 0 Å². The Labute approximate surface area is 148 Å². The number of benzene rings is 1. The van der Waals surface area contributed by atoms with Crippen LogP contribution in [0.15, 0.2) is 17.0 Å². The molecule has 9 nitrogen and oxygen atoms in total. The van der Waals surface area contributed by atoms with Gasteiger partial charge in [0, 0.05) is 12.1 Å². The largest absolute Gasteiger partial charge is 1.00 e. The Balaban J connectivity index is 0.00000289. The quantitative estimate of drug-likeness (QED) is 0.273. The molecule has 0 aliphatic heterocycles. The van der Waals surface area contributed by atoms with Crippen LogP contribution in [0.3, 0.4) is 0 Å². The molecule has 0 saturated heterocycles. The van der Waals surface area contributed by atoms with Gasteiger partial charge < -0.3 is 4.55 Å². The summed E-state index contributed by atoms with van der Waals surface area (Å²) in [6, 6.07) is 1.11. The maximum Gasteiger partial charge on any atom is 1.00 e. The first-order valence-corrected chi connectivity index (χ1v) is 5.51. The van der Waals surface area contributed by atoms with E-state index in [0.29, 0.717) is 12.1 Å². The fourth-order valence-electron chi connectivity index (χ4n) is 1.09. The molecule has 0 radical (unpaired) electrons. The molecule has 0 N–H and O–H groups in total. The maximum absolute atomic E-state index is 10.8. The zero-order chi connectivity index (χ0) is 13.4. The van der Waals surface area contributed by atoms with E-state index in [0.717, 1.165) is 0 Å². The molecule has 0 amide bonds. The number of hydrogen-bond donors (Lipinski definition) is 0. The molecule has 0 aromatic heterocycles. The number of nitrogens with zero attached hydrogens (tertiary/aromatic N) is 2. The predicted octanol–water partition coefficient (Wildman–Crippen LogP) is -1.94. The Morgan fingerprint density at radius 2 is 1.39 bits per heavy atom. The number of rotatable bonds is 3. The van der Waals surface area contributed by atoms with Crippen molar-refractivity contribution in [3.63, 3.8) is 0 Å². The van der Waals surface area contributed by atoms with E-state index in [-0.39, 0.29) is 51.4 Å². The average molecular weight is 321 g/mol. The van der Waals surface area contributed by atoms with Gasteiger partial charge in [0.1, 0.15) is 10.1 Å². The fraction of sp³-hybridized carbons (Fsp3) is 0. The average Bonchev–Trinajstić information content (AvgIpc) is 2.14.